The Kier molecular flexibility index (Phi) is 4.29. The van der Waals surface area contributed by atoms with E-state index in [1.807, 2.05) is 74.5 Å². The number of hydrogen-bond donors (Lipinski definition) is 2. The first-order valence-electron chi connectivity index (χ1n) is 7.70. The molecule has 0 aliphatic rings. The summed E-state index contributed by atoms with van der Waals surface area (Å²) < 4.78 is 11.9. The van der Waals surface area contributed by atoms with Crippen molar-refractivity contribution in [1.29, 1.82) is 0 Å². The maximum Gasteiger partial charge on any atom is 0.150 e. The molecule has 0 heterocycles. The fraction of sp³-hybridized carbons (Fsp3) is 0.100. The summed E-state index contributed by atoms with van der Waals surface area (Å²) in [6.07, 6.45) is 0. The number of ether oxygens (including phenoxy) is 2. The molecule has 122 valence electrons. The largest absolute Gasteiger partial charge is 0.455 e. The Morgan fingerprint density at radius 3 is 1.62 bits per heavy atom. The topological polar surface area (TPSA) is 70.5 Å². The van der Waals surface area contributed by atoms with Gasteiger partial charge in [-0.15, -0.1) is 0 Å². The zero-order valence-corrected chi connectivity index (χ0v) is 13.7. The minimum Gasteiger partial charge on any atom is -0.455 e. The van der Waals surface area contributed by atoms with Crippen LogP contribution in [0.5, 0.6) is 23.0 Å². The van der Waals surface area contributed by atoms with E-state index in [2.05, 4.69) is 0 Å². The van der Waals surface area contributed by atoms with Crippen LogP contribution in [0.1, 0.15) is 11.1 Å². The molecule has 0 saturated carbocycles. The van der Waals surface area contributed by atoms with Crippen LogP contribution in [0.3, 0.4) is 0 Å². The normalized spacial score (nSPS) is 10.4. The molecule has 0 amide bonds. The summed E-state index contributed by atoms with van der Waals surface area (Å²) in [6.45, 7) is 3.95. The first-order chi connectivity index (χ1) is 11.5. The third-order valence-corrected chi connectivity index (χ3v) is 3.71. The molecule has 0 atom stereocenters. The molecule has 4 heteroatoms. The molecule has 4 N–H and O–H groups in total. The number of rotatable bonds is 4. The maximum atomic E-state index is 5.99. The third kappa shape index (κ3) is 3.27. The fourth-order valence-corrected chi connectivity index (χ4v) is 2.51. The Morgan fingerprint density at radius 2 is 1.12 bits per heavy atom. The van der Waals surface area contributed by atoms with Gasteiger partial charge in [-0.25, -0.2) is 0 Å². The zero-order chi connectivity index (χ0) is 17.1. The number of hydrogen-bond acceptors (Lipinski definition) is 4. The standard InChI is InChI=1S/C20H20N2O2/c1-13-11-15(23-18-9-5-3-7-16(18)21)12-14(2)20(13)24-19-10-6-4-8-17(19)22/h3-12H,21-22H2,1-2H3. The van der Waals surface area contributed by atoms with E-state index in [1.54, 1.807) is 0 Å². The lowest BCUT2D eigenvalue weighted by atomic mass is 10.1. The van der Waals surface area contributed by atoms with Gasteiger partial charge in [-0.2, -0.15) is 0 Å². The average molecular weight is 320 g/mol. The van der Waals surface area contributed by atoms with Crippen molar-refractivity contribution >= 4 is 11.4 Å². The van der Waals surface area contributed by atoms with Gasteiger partial charge >= 0.3 is 0 Å². The molecule has 0 aliphatic carbocycles. The van der Waals surface area contributed by atoms with Crippen LogP contribution in [0, 0.1) is 13.8 Å². The number of para-hydroxylation sites is 4. The summed E-state index contributed by atoms with van der Waals surface area (Å²) in [4.78, 5) is 0. The van der Waals surface area contributed by atoms with Gasteiger partial charge in [0.05, 0.1) is 11.4 Å². The molecule has 0 fully saturated rings. The molecule has 0 spiro atoms. The van der Waals surface area contributed by atoms with Crippen molar-refractivity contribution < 1.29 is 9.47 Å². The van der Waals surface area contributed by atoms with E-state index in [4.69, 9.17) is 20.9 Å². The Hall–Kier alpha value is -3.14. The minimum absolute atomic E-state index is 0.602. The van der Waals surface area contributed by atoms with Gasteiger partial charge < -0.3 is 20.9 Å². The molecular weight excluding hydrogens is 300 g/mol. The van der Waals surface area contributed by atoms with Gasteiger partial charge in [-0.3, -0.25) is 0 Å². The molecule has 3 rings (SSSR count). The van der Waals surface area contributed by atoms with Crippen LogP contribution in [0.15, 0.2) is 60.7 Å². The van der Waals surface area contributed by atoms with Crippen molar-refractivity contribution in [2.24, 2.45) is 0 Å². The van der Waals surface area contributed by atoms with E-state index in [1.165, 1.54) is 0 Å². The van der Waals surface area contributed by atoms with Gasteiger partial charge in [0.1, 0.15) is 23.0 Å². The lowest BCUT2D eigenvalue weighted by Gasteiger charge is -2.15. The van der Waals surface area contributed by atoms with E-state index in [9.17, 15) is 0 Å². The number of benzene rings is 3. The monoisotopic (exact) mass is 320 g/mol. The van der Waals surface area contributed by atoms with Gasteiger partial charge in [0.2, 0.25) is 0 Å². The van der Waals surface area contributed by atoms with Crippen molar-refractivity contribution in [1.82, 2.24) is 0 Å². The quantitative estimate of drug-likeness (QED) is 0.660. The second-order valence-corrected chi connectivity index (χ2v) is 5.67. The summed E-state index contributed by atoms with van der Waals surface area (Å²) in [5.74, 6) is 2.78. The maximum absolute atomic E-state index is 5.99. The van der Waals surface area contributed by atoms with E-state index >= 15 is 0 Å². The highest BCUT2D eigenvalue weighted by Crippen LogP contribution is 2.36. The van der Waals surface area contributed by atoms with Crippen LogP contribution in [-0.4, -0.2) is 0 Å². The zero-order valence-electron chi connectivity index (χ0n) is 13.7. The van der Waals surface area contributed by atoms with E-state index in [0.717, 1.165) is 22.6 Å². The first kappa shape index (κ1) is 15.7. The highest BCUT2D eigenvalue weighted by Gasteiger charge is 2.11. The lowest BCUT2D eigenvalue weighted by Crippen LogP contribution is -1.97. The van der Waals surface area contributed by atoms with E-state index < -0.39 is 0 Å². The van der Waals surface area contributed by atoms with Crippen molar-refractivity contribution in [3.8, 4) is 23.0 Å². The number of anilines is 2. The number of aryl methyl sites for hydroxylation is 2. The van der Waals surface area contributed by atoms with Gasteiger partial charge in [0.25, 0.3) is 0 Å². The van der Waals surface area contributed by atoms with Crippen LogP contribution in [0.25, 0.3) is 0 Å². The lowest BCUT2D eigenvalue weighted by molar-refractivity contribution is 0.465. The summed E-state index contributed by atoms with van der Waals surface area (Å²) in [5, 5.41) is 0. The summed E-state index contributed by atoms with van der Waals surface area (Å²) in [6, 6.07) is 18.7. The number of nitrogens with two attached hydrogens (primary N) is 2. The van der Waals surface area contributed by atoms with Crippen molar-refractivity contribution in [3.63, 3.8) is 0 Å². The smallest absolute Gasteiger partial charge is 0.150 e. The van der Waals surface area contributed by atoms with Crippen LogP contribution < -0.4 is 20.9 Å². The minimum atomic E-state index is 0.602. The molecule has 3 aromatic carbocycles. The number of nitrogen functional groups attached to an aromatic ring is 2. The van der Waals surface area contributed by atoms with Gasteiger partial charge in [-0.05, 0) is 61.4 Å². The molecule has 4 nitrogen and oxygen atoms in total. The van der Waals surface area contributed by atoms with Crippen LogP contribution in [0.4, 0.5) is 11.4 Å². The Morgan fingerprint density at radius 1 is 0.667 bits per heavy atom. The van der Waals surface area contributed by atoms with E-state index in [-0.39, 0.29) is 0 Å². The van der Waals surface area contributed by atoms with Crippen LogP contribution in [-0.2, 0) is 0 Å². The Bertz CT molecular complexity index is 852. The van der Waals surface area contributed by atoms with Crippen molar-refractivity contribution in [2.75, 3.05) is 11.5 Å². The highest BCUT2D eigenvalue weighted by atomic mass is 16.5. The predicted octanol–water partition coefficient (Wildman–Crippen LogP) is 5.05. The van der Waals surface area contributed by atoms with Gasteiger partial charge in [0.15, 0.2) is 0 Å². The molecule has 24 heavy (non-hydrogen) atoms. The van der Waals surface area contributed by atoms with E-state index in [0.29, 0.717) is 22.9 Å². The van der Waals surface area contributed by atoms with Crippen LogP contribution in [0.2, 0.25) is 0 Å². The molecular formula is C20H20N2O2. The van der Waals surface area contributed by atoms with Gasteiger partial charge in [0, 0.05) is 0 Å². The summed E-state index contributed by atoms with van der Waals surface area (Å²) in [5.41, 5.74) is 15.0. The van der Waals surface area contributed by atoms with Crippen molar-refractivity contribution in [2.45, 2.75) is 13.8 Å². The molecule has 0 aromatic heterocycles. The SMILES string of the molecule is Cc1cc(Oc2ccccc2N)cc(C)c1Oc1ccccc1N. The van der Waals surface area contributed by atoms with Gasteiger partial charge in [-0.1, -0.05) is 24.3 Å². The second-order valence-electron chi connectivity index (χ2n) is 5.67. The molecule has 0 radical (unpaired) electrons. The molecule has 3 aromatic rings. The second kappa shape index (κ2) is 6.54. The summed E-state index contributed by atoms with van der Waals surface area (Å²) >= 11 is 0. The fourth-order valence-electron chi connectivity index (χ4n) is 2.51. The van der Waals surface area contributed by atoms with Crippen molar-refractivity contribution in [3.05, 3.63) is 71.8 Å². The Balaban J connectivity index is 1.89. The molecule has 0 saturated heterocycles. The summed E-state index contributed by atoms with van der Waals surface area (Å²) in [7, 11) is 0. The third-order valence-electron chi connectivity index (χ3n) is 3.71. The predicted molar refractivity (Wildman–Crippen MR) is 97.8 cm³/mol. The molecule has 0 bridgehead atoms. The highest BCUT2D eigenvalue weighted by molar-refractivity contribution is 5.57. The first-order valence-corrected chi connectivity index (χ1v) is 7.70. The molecule has 0 unspecified atom stereocenters. The molecule has 0 aliphatic heterocycles. The Labute approximate surface area is 141 Å². The van der Waals surface area contributed by atoms with Crippen LogP contribution >= 0.6 is 0 Å². The average Bonchev–Trinajstić information content (AvgIpc) is 2.55.